The molecule has 5 rings (SSSR count). The van der Waals surface area contributed by atoms with E-state index < -0.39 is 11.4 Å². The fraction of sp³-hybridized carbons (Fsp3) is 0.136. The van der Waals surface area contributed by atoms with Crippen LogP contribution in [0.5, 0.6) is 0 Å². The number of nitrogens with zero attached hydrogens (tertiary/aromatic N) is 1. The summed E-state index contributed by atoms with van der Waals surface area (Å²) < 4.78 is 0. The molecule has 3 aromatic rings. The Morgan fingerprint density at radius 1 is 1.17 bits per heavy atom. The third-order valence-electron chi connectivity index (χ3n) is 5.72. The Morgan fingerprint density at radius 2 is 1.87 bits per heavy atom. The number of carboxylic acid groups (broad SMARTS) is 1. The molecule has 2 N–H and O–H groups in total. The van der Waals surface area contributed by atoms with Crippen molar-refractivity contribution in [2.75, 3.05) is 17.3 Å². The van der Waals surface area contributed by atoms with Crippen LogP contribution in [-0.2, 0) is 15.0 Å². The number of carboxylic acids is 1. The van der Waals surface area contributed by atoms with E-state index in [0.29, 0.717) is 38.0 Å². The number of amides is 2. The molecule has 0 unspecified atom stereocenters. The molecular weight excluding hydrogens is 424 g/mol. The minimum Gasteiger partial charge on any atom is -0.477 e. The fourth-order valence-corrected chi connectivity index (χ4v) is 5.99. The van der Waals surface area contributed by atoms with Gasteiger partial charge in [0.2, 0.25) is 11.8 Å². The Balaban J connectivity index is 1.89. The van der Waals surface area contributed by atoms with Crippen LogP contribution >= 0.6 is 22.9 Å². The molecule has 0 bridgehead atoms. The van der Waals surface area contributed by atoms with Crippen LogP contribution in [0.15, 0.2) is 48.5 Å². The number of likely N-dealkylation sites (N-methyl/N-ethyl adjacent to an activating group) is 1. The van der Waals surface area contributed by atoms with Crippen LogP contribution in [0.1, 0.15) is 26.5 Å². The number of carbonyl (C=O) groups excluding carboxylic acids is 2. The maximum Gasteiger partial charge on any atom is 0.346 e. The second kappa shape index (κ2) is 6.42. The number of thiophene rings is 1. The topological polar surface area (TPSA) is 86.7 Å². The highest BCUT2D eigenvalue weighted by molar-refractivity contribution is 7.15. The Kier molecular flexibility index (Phi) is 4.03. The van der Waals surface area contributed by atoms with Gasteiger partial charge in [0.05, 0.1) is 17.0 Å². The van der Waals surface area contributed by atoms with Crippen molar-refractivity contribution in [1.29, 1.82) is 0 Å². The number of rotatable bonds is 2. The molecule has 3 heterocycles. The summed E-state index contributed by atoms with van der Waals surface area (Å²) in [6.07, 6.45) is -0.0816. The lowest BCUT2D eigenvalue weighted by molar-refractivity contribution is -0.126. The SMILES string of the molecule is CN1C(=O)[C@]2(CC(=O)Nc3c2sc(C(=O)O)c3-c2ccccc2Cl)c2ccccc21. The highest BCUT2D eigenvalue weighted by atomic mass is 35.5. The van der Waals surface area contributed by atoms with Gasteiger partial charge in [0.25, 0.3) is 0 Å². The van der Waals surface area contributed by atoms with E-state index in [-0.39, 0.29) is 23.1 Å². The lowest BCUT2D eigenvalue weighted by Gasteiger charge is -2.32. The molecule has 0 saturated heterocycles. The first kappa shape index (κ1) is 18.8. The smallest absolute Gasteiger partial charge is 0.346 e. The molecule has 2 amide bonds. The van der Waals surface area contributed by atoms with Crippen molar-refractivity contribution in [2.24, 2.45) is 0 Å². The van der Waals surface area contributed by atoms with Gasteiger partial charge in [-0.15, -0.1) is 11.3 Å². The van der Waals surface area contributed by atoms with Crippen molar-refractivity contribution in [3.05, 3.63) is 68.9 Å². The minimum atomic E-state index is -1.25. The molecule has 0 saturated carbocycles. The maximum atomic E-state index is 13.5. The number of para-hydroxylation sites is 1. The molecule has 1 spiro atoms. The number of anilines is 2. The molecule has 8 heteroatoms. The number of aromatic carboxylic acids is 1. The zero-order valence-corrected chi connectivity index (χ0v) is 17.3. The molecule has 0 aliphatic carbocycles. The normalized spacial score (nSPS) is 19.6. The predicted octanol–water partition coefficient (Wildman–Crippen LogP) is 4.37. The Hall–Kier alpha value is -3.16. The summed E-state index contributed by atoms with van der Waals surface area (Å²) in [5, 5.41) is 13.1. The summed E-state index contributed by atoms with van der Waals surface area (Å²) in [5.41, 5.74) is 1.35. The second-order valence-corrected chi connectivity index (χ2v) is 8.73. The van der Waals surface area contributed by atoms with E-state index in [9.17, 15) is 19.5 Å². The number of fused-ring (bicyclic) bond motifs is 4. The Labute approximate surface area is 180 Å². The molecule has 1 atom stereocenters. The molecule has 2 aliphatic heterocycles. The summed E-state index contributed by atoms with van der Waals surface area (Å²) in [7, 11) is 1.67. The summed E-state index contributed by atoms with van der Waals surface area (Å²) in [5.74, 6) is -1.73. The van der Waals surface area contributed by atoms with Gasteiger partial charge in [0.1, 0.15) is 10.3 Å². The van der Waals surface area contributed by atoms with Crippen LogP contribution in [-0.4, -0.2) is 29.9 Å². The van der Waals surface area contributed by atoms with Gasteiger partial charge in [-0.25, -0.2) is 4.79 Å². The van der Waals surface area contributed by atoms with E-state index >= 15 is 0 Å². The zero-order chi connectivity index (χ0) is 21.2. The van der Waals surface area contributed by atoms with Crippen LogP contribution in [0.2, 0.25) is 5.02 Å². The highest BCUT2D eigenvalue weighted by Crippen LogP contribution is 2.57. The van der Waals surface area contributed by atoms with Crippen LogP contribution < -0.4 is 10.2 Å². The third kappa shape index (κ3) is 2.33. The number of hydrogen-bond acceptors (Lipinski definition) is 4. The van der Waals surface area contributed by atoms with Crippen LogP contribution in [0.25, 0.3) is 11.1 Å². The molecule has 6 nitrogen and oxygen atoms in total. The quantitative estimate of drug-likeness (QED) is 0.622. The van der Waals surface area contributed by atoms with E-state index in [1.54, 1.807) is 31.3 Å². The van der Waals surface area contributed by atoms with Crippen molar-refractivity contribution in [2.45, 2.75) is 11.8 Å². The number of carbonyl (C=O) groups is 3. The maximum absolute atomic E-state index is 13.5. The number of hydrogen-bond donors (Lipinski definition) is 2. The van der Waals surface area contributed by atoms with Gasteiger partial charge in [-0.05, 0) is 17.7 Å². The predicted molar refractivity (Wildman–Crippen MR) is 116 cm³/mol. The van der Waals surface area contributed by atoms with Crippen molar-refractivity contribution in [3.63, 3.8) is 0 Å². The molecule has 30 heavy (non-hydrogen) atoms. The monoisotopic (exact) mass is 438 g/mol. The van der Waals surface area contributed by atoms with Gasteiger partial charge >= 0.3 is 5.97 Å². The lowest BCUT2D eigenvalue weighted by atomic mass is 9.74. The van der Waals surface area contributed by atoms with Gasteiger partial charge in [0.15, 0.2) is 0 Å². The van der Waals surface area contributed by atoms with Crippen molar-refractivity contribution in [3.8, 4) is 11.1 Å². The number of halogens is 1. The summed E-state index contributed by atoms with van der Waals surface area (Å²) in [4.78, 5) is 40.6. The highest BCUT2D eigenvalue weighted by Gasteiger charge is 2.57. The average Bonchev–Trinajstić information content (AvgIpc) is 3.20. The minimum absolute atomic E-state index is 0.0366. The Bertz CT molecular complexity index is 1270. The van der Waals surface area contributed by atoms with Crippen molar-refractivity contribution >= 4 is 52.1 Å². The molecule has 2 aliphatic rings. The van der Waals surface area contributed by atoms with E-state index in [0.717, 1.165) is 11.3 Å². The van der Waals surface area contributed by atoms with Crippen LogP contribution in [0.4, 0.5) is 11.4 Å². The van der Waals surface area contributed by atoms with E-state index in [2.05, 4.69) is 5.32 Å². The first-order chi connectivity index (χ1) is 14.4. The van der Waals surface area contributed by atoms with Crippen LogP contribution in [0, 0.1) is 0 Å². The van der Waals surface area contributed by atoms with Gasteiger partial charge in [-0.3, -0.25) is 9.59 Å². The lowest BCUT2D eigenvalue weighted by Crippen LogP contribution is -2.45. The summed E-state index contributed by atoms with van der Waals surface area (Å²) >= 11 is 7.40. The average molecular weight is 439 g/mol. The van der Waals surface area contributed by atoms with E-state index in [4.69, 9.17) is 11.6 Å². The molecule has 0 radical (unpaired) electrons. The zero-order valence-electron chi connectivity index (χ0n) is 15.7. The fourth-order valence-electron chi connectivity index (χ4n) is 4.46. The first-order valence-corrected chi connectivity index (χ1v) is 10.4. The van der Waals surface area contributed by atoms with E-state index in [1.165, 1.54) is 4.90 Å². The second-order valence-electron chi connectivity index (χ2n) is 7.31. The summed E-state index contributed by atoms with van der Waals surface area (Å²) in [6.45, 7) is 0. The molecule has 2 aromatic carbocycles. The largest absolute Gasteiger partial charge is 0.477 e. The van der Waals surface area contributed by atoms with E-state index in [1.807, 2.05) is 24.3 Å². The third-order valence-corrected chi connectivity index (χ3v) is 7.39. The van der Waals surface area contributed by atoms with Gasteiger partial charge < -0.3 is 15.3 Å². The van der Waals surface area contributed by atoms with Gasteiger partial charge in [-0.2, -0.15) is 0 Å². The number of benzene rings is 2. The van der Waals surface area contributed by atoms with Crippen molar-refractivity contribution < 1.29 is 19.5 Å². The summed E-state index contributed by atoms with van der Waals surface area (Å²) in [6, 6.07) is 14.2. The molecule has 0 fully saturated rings. The van der Waals surface area contributed by atoms with Crippen LogP contribution in [0.3, 0.4) is 0 Å². The first-order valence-electron chi connectivity index (χ1n) is 9.19. The van der Waals surface area contributed by atoms with Gasteiger partial charge in [-0.1, -0.05) is 48.0 Å². The van der Waals surface area contributed by atoms with Gasteiger partial charge in [0, 0.05) is 28.9 Å². The molecular formula is C22H15ClN2O4S. The van der Waals surface area contributed by atoms with Crippen molar-refractivity contribution in [1.82, 2.24) is 0 Å². The Morgan fingerprint density at radius 3 is 2.60 bits per heavy atom. The molecule has 150 valence electrons. The standard InChI is InChI=1S/C22H15ClN2O4S/c1-25-14-9-5-3-7-12(14)22(21(25)29)10-15(26)24-17-16(11-6-2-4-8-13(11)23)18(20(27)28)30-19(17)22/h2-9H,10H2,1H3,(H,24,26)(H,27,28)/t22-/m1/s1. The molecule has 1 aromatic heterocycles. The number of nitrogens with one attached hydrogen (secondary N) is 1.